The SMILES string of the molecule is COc1c(F)c(F)c(C(=O)Nc2cc(-c3nc4ncccc4o3)ccc2Cl)c(F)c1F. The van der Waals surface area contributed by atoms with E-state index in [-0.39, 0.29) is 16.6 Å². The zero-order valence-electron chi connectivity index (χ0n) is 15.5. The van der Waals surface area contributed by atoms with E-state index >= 15 is 0 Å². The van der Waals surface area contributed by atoms with Crippen molar-refractivity contribution < 1.29 is 31.5 Å². The summed E-state index contributed by atoms with van der Waals surface area (Å²) >= 11 is 6.05. The third kappa shape index (κ3) is 3.55. The highest BCUT2D eigenvalue weighted by Crippen LogP contribution is 2.33. The summed E-state index contributed by atoms with van der Waals surface area (Å²) in [6, 6.07) is 7.51. The lowest BCUT2D eigenvalue weighted by Crippen LogP contribution is -2.19. The number of pyridine rings is 1. The number of ether oxygens (including phenoxy) is 1. The number of amides is 1. The van der Waals surface area contributed by atoms with E-state index in [1.54, 1.807) is 12.1 Å². The van der Waals surface area contributed by atoms with Gasteiger partial charge in [-0.2, -0.15) is 13.8 Å². The molecule has 0 saturated heterocycles. The number of carbonyl (C=O) groups excluding carboxylic acids is 1. The third-order valence-corrected chi connectivity index (χ3v) is 4.61. The molecule has 0 aliphatic carbocycles. The van der Waals surface area contributed by atoms with Crippen LogP contribution in [-0.4, -0.2) is 23.0 Å². The normalized spacial score (nSPS) is 11.0. The second-order valence-electron chi connectivity index (χ2n) is 6.16. The van der Waals surface area contributed by atoms with Gasteiger partial charge in [0, 0.05) is 11.8 Å². The summed E-state index contributed by atoms with van der Waals surface area (Å²) in [5, 5.41) is 2.12. The maximum atomic E-state index is 14.2. The Labute approximate surface area is 176 Å². The number of nitrogens with zero attached hydrogens (tertiary/aromatic N) is 2. The van der Waals surface area contributed by atoms with E-state index in [0.29, 0.717) is 16.8 Å². The molecule has 0 aliphatic rings. The maximum absolute atomic E-state index is 14.2. The molecule has 158 valence electrons. The largest absolute Gasteiger partial charge is 0.491 e. The van der Waals surface area contributed by atoms with Crippen LogP contribution in [0, 0.1) is 23.3 Å². The van der Waals surface area contributed by atoms with Gasteiger partial charge in [0.05, 0.1) is 17.8 Å². The summed E-state index contributed by atoms with van der Waals surface area (Å²) in [4.78, 5) is 20.7. The first-order valence-electron chi connectivity index (χ1n) is 8.54. The van der Waals surface area contributed by atoms with Crippen LogP contribution in [0.2, 0.25) is 5.02 Å². The van der Waals surface area contributed by atoms with Crippen molar-refractivity contribution in [3.8, 4) is 17.2 Å². The van der Waals surface area contributed by atoms with Gasteiger partial charge in [-0.1, -0.05) is 11.6 Å². The van der Waals surface area contributed by atoms with Gasteiger partial charge < -0.3 is 14.5 Å². The minimum Gasteiger partial charge on any atom is -0.491 e. The number of hydrogen-bond donors (Lipinski definition) is 1. The van der Waals surface area contributed by atoms with Crippen LogP contribution in [0.3, 0.4) is 0 Å². The molecule has 0 atom stereocenters. The van der Waals surface area contributed by atoms with Crippen molar-refractivity contribution >= 4 is 34.4 Å². The highest BCUT2D eigenvalue weighted by atomic mass is 35.5. The number of hydrogen-bond acceptors (Lipinski definition) is 5. The lowest BCUT2D eigenvalue weighted by Gasteiger charge is -2.12. The van der Waals surface area contributed by atoms with Crippen LogP contribution in [0.25, 0.3) is 22.7 Å². The molecule has 0 bridgehead atoms. The zero-order valence-corrected chi connectivity index (χ0v) is 16.2. The van der Waals surface area contributed by atoms with Crippen molar-refractivity contribution in [2.75, 3.05) is 12.4 Å². The fraction of sp³-hybridized carbons (Fsp3) is 0.0500. The standard InChI is InChI=1S/C20H10ClF4N3O3/c1-30-17-15(24)13(22)12(14(23)16(17)25)19(29)27-10-7-8(4-5-9(10)21)20-28-18-11(31-20)3-2-6-26-18/h2-7H,1H3,(H,27,29). The lowest BCUT2D eigenvalue weighted by atomic mass is 10.1. The first kappa shape index (κ1) is 20.6. The topological polar surface area (TPSA) is 77.2 Å². The molecule has 0 unspecified atom stereocenters. The Balaban J connectivity index is 1.72. The number of halogens is 5. The molecule has 0 saturated carbocycles. The van der Waals surface area contributed by atoms with Gasteiger partial charge in [-0.15, -0.1) is 0 Å². The van der Waals surface area contributed by atoms with Gasteiger partial charge in [0.2, 0.25) is 17.5 Å². The molecule has 4 aromatic rings. The van der Waals surface area contributed by atoms with Crippen molar-refractivity contribution in [3.63, 3.8) is 0 Å². The second kappa shape index (κ2) is 7.88. The second-order valence-corrected chi connectivity index (χ2v) is 6.56. The third-order valence-electron chi connectivity index (χ3n) is 4.28. The summed E-state index contributed by atoms with van der Waals surface area (Å²) in [5.74, 6) is -10.1. The first-order chi connectivity index (χ1) is 14.8. The molecule has 0 radical (unpaired) electrons. The van der Waals surface area contributed by atoms with Crippen molar-refractivity contribution in [2.24, 2.45) is 0 Å². The molecule has 6 nitrogen and oxygen atoms in total. The molecular formula is C20H10ClF4N3O3. The van der Waals surface area contributed by atoms with Gasteiger partial charge in [0.15, 0.2) is 28.6 Å². The molecule has 4 rings (SSSR count). The Hall–Kier alpha value is -3.66. The fourth-order valence-electron chi connectivity index (χ4n) is 2.82. The molecule has 1 N–H and O–H groups in total. The minimum atomic E-state index is -1.91. The van der Waals surface area contributed by atoms with Crippen molar-refractivity contribution in [1.29, 1.82) is 0 Å². The Morgan fingerprint density at radius 1 is 1.10 bits per heavy atom. The van der Waals surface area contributed by atoms with Gasteiger partial charge in [0.25, 0.3) is 5.91 Å². The average molecular weight is 452 g/mol. The van der Waals surface area contributed by atoms with Crippen LogP contribution in [0.5, 0.6) is 5.75 Å². The quantitative estimate of drug-likeness (QED) is 0.334. The number of carbonyl (C=O) groups is 1. The van der Waals surface area contributed by atoms with Crippen LogP contribution in [0.4, 0.5) is 23.2 Å². The first-order valence-corrected chi connectivity index (χ1v) is 8.92. The van der Waals surface area contributed by atoms with Crippen LogP contribution in [0.15, 0.2) is 40.9 Å². The number of oxazole rings is 1. The fourth-order valence-corrected chi connectivity index (χ4v) is 2.99. The predicted octanol–water partition coefficient (Wildman–Crippen LogP) is 5.36. The van der Waals surface area contributed by atoms with Crippen LogP contribution in [-0.2, 0) is 0 Å². The number of nitrogens with one attached hydrogen (secondary N) is 1. The van der Waals surface area contributed by atoms with Crippen molar-refractivity contribution in [2.45, 2.75) is 0 Å². The van der Waals surface area contributed by atoms with E-state index in [2.05, 4.69) is 20.0 Å². The summed E-state index contributed by atoms with van der Waals surface area (Å²) < 4.78 is 66.2. The van der Waals surface area contributed by atoms with E-state index in [9.17, 15) is 22.4 Å². The Morgan fingerprint density at radius 2 is 1.81 bits per heavy atom. The molecule has 31 heavy (non-hydrogen) atoms. The Morgan fingerprint density at radius 3 is 2.45 bits per heavy atom. The Bertz CT molecular complexity index is 1280. The monoisotopic (exact) mass is 451 g/mol. The number of rotatable bonds is 4. The number of anilines is 1. The maximum Gasteiger partial charge on any atom is 0.261 e. The number of methoxy groups -OCH3 is 1. The van der Waals surface area contributed by atoms with Crippen LogP contribution < -0.4 is 10.1 Å². The summed E-state index contributed by atoms with van der Waals surface area (Å²) in [6.45, 7) is 0. The van der Waals surface area contributed by atoms with Crippen LogP contribution in [0.1, 0.15) is 10.4 Å². The van der Waals surface area contributed by atoms with E-state index in [4.69, 9.17) is 16.0 Å². The number of aromatic nitrogens is 2. The Kier molecular flexibility index (Phi) is 5.24. The van der Waals surface area contributed by atoms with Crippen molar-refractivity contribution in [1.82, 2.24) is 9.97 Å². The molecule has 1 amide bonds. The highest BCUT2D eigenvalue weighted by molar-refractivity contribution is 6.34. The summed E-state index contributed by atoms with van der Waals surface area (Å²) in [6.07, 6.45) is 1.53. The smallest absolute Gasteiger partial charge is 0.261 e. The molecule has 11 heteroatoms. The van der Waals surface area contributed by atoms with Gasteiger partial charge in [-0.3, -0.25) is 4.79 Å². The molecular weight excluding hydrogens is 442 g/mol. The zero-order chi connectivity index (χ0) is 22.3. The summed E-state index contributed by atoms with van der Waals surface area (Å²) in [7, 11) is 0.826. The molecule has 2 aromatic carbocycles. The van der Waals surface area contributed by atoms with E-state index in [1.807, 2.05) is 0 Å². The van der Waals surface area contributed by atoms with Crippen LogP contribution >= 0.6 is 11.6 Å². The number of benzene rings is 2. The molecule has 0 aliphatic heterocycles. The molecule has 2 aromatic heterocycles. The van der Waals surface area contributed by atoms with E-state index in [0.717, 1.165) is 7.11 Å². The van der Waals surface area contributed by atoms with Crippen molar-refractivity contribution in [3.05, 3.63) is 70.4 Å². The molecule has 0 spiro atoms. The van der Waals surface area contributed by atoms with Gasteiger partial charge in [-0.25, -0.2) is 13.8 Å². The number of fused-ring (bicyclic) bond motifs is 1. The lowest BCUT2D eigenvalue weighted by molar-refractivity contribution is 0.101. The van der Waals surface area contributed by atoms with Gasteiger partial charge >= 0.3 is 0 Å². The molecule has 0 fully saturated rings. The van der Waals surface area contributed by atoms with E-state index < -0.39 is 40.5 Å². The van der Waals surface area contributed by atoms with Gasteiger partial charge in [-0.05, 0) is 30.3 Å². The minimum absolute atomic E-state index is 0.0124. The van der Waals surface area contributed by atoms with Gasteiger partial charge in [0.1, 0.15) is 5.56 Å². The average Bonchev–Trinajstić information content (AvgIpc) is 3.19. The highest BCUT2D eigenvalue weighted by Gasteiger charge is 2.30. The van der Waals surface area contributed by atoms with E-state index in [1.165, 1.54) is 24.4 Å². The predicted molar refractivity (Wildman–Crippen MR) is 103 cm³/mol. The molecule has 2 heterocycles. The summed E-state index contributed by atoms with van der Waals surface area (Å²) in [5.41, 5.74) is -0.471.